The van der Waals surface area contributed by atoms with Crippen LogP contribution in [0.2, 0.25) is 5.02 Å². The molecule has 0 amide bonds. The van der Waals surface area contributed by atoms with Gasteiger partial charge in [-0.15, -0.1) is 0 Å². The highest BCUT2D eigenvalue weighted by Crippen LogP contribution is 2.26. The molecule has 0 radical (unpaired) electrons. The highest BCUT2D eigenvalue weighted by atomic mass is 35.5. The second-order valence-corrected chi connectivity index (χ2v) is 9.46. The lowest BCUT2D eigenvalue weighted by Crippen LogP contribution is -2.07. The van der Waals surface area contributed by atoms with E-state index in [4.69, 9.17) is 21.5 Å². The van der Waals surface area contributed by atoms with Gasteiger partial charge in [0.15, 0.2) is 10.9 Å². The molecule has 3 rings (SSSR count). The fourth-order valence-corrected chi connectivity index (χ4v) is 4.50. The maximum Gasteiger partial charge on any atom is 0.305 e. The minimum Gasteiger partial charge on any atom is -0.466 e. The summed E-state index contributed by atoms with van der Waals surface area (Å²) < 4.78 is 4.94. The molecule has 0 unspecified atom stereocenters. The predicted octanol–water partition coefficient (Wildman–Crippen LogP) is 5.24. The first-order valence-corrected chi connectivity index (χ1v) is 13.1. The van der Waals surface area contributed by atoms with Crippen molar-refractivity contribution in [1.29, 1.82) is 0 Å². The van der Waals surface area contributed by atoms with Gasteiger partial charge in [-0.3, -0.25) is 9.59 Å². The molecule has 0 spiro atoms. The number of aryl methyl sites for hydroxylation is 2. The Labute approximate surface area is 225 Å². The second-order valence-electron chi connectivity index (χ2n) is 8.02. The predicted molar refractivity (Wildman–Crippen MR) is 146 cm³/mol. The quantitative estimate of drug-likeness (QED) is 0.0964. The number of hydrogen-bond donors (Lipinski definition) is 4. The lowest BCUT2D eigenvalue weighted by molar-refractivity contribution is -0.143. The number of hydrogen-bond acceptors (Lipinski definition) is 11. The summed E-state index contributed by atoms with van der Waals surface area (Å²) in [6.45, 7) is 6.73. The number of thiazole rings is 1. The van der Waals surface area contributed by atoms with Crippen LogP contribution in [-0.2, 0) is 16.0 Å². The Kier molecular flexibility index (Phi) is 12.9. The number of nitrogens with one attached hydrogen (secondary N) is 2. The molecule has 12 heteroatoms. The maximum atomic E-state index is 12.8. The molecule has 2 aromatic heterocycles. The van der Waals surface area contributed by atoms with Crippen molar-refractivity contribution in [2.24, 2.45) is 5.90 Å². The molecule has 0 aliphatic rings. The number of Topliss-reactive ketones (excluding diaryl/α,β-unsaturated/α-hetero) is 1. The molecule has 10 nitrogen and oxygen atoms in total. The average Bonchev–Trinajstić information content (AvgIpc) is 3.33. The number of halogens is 1. The third-order valence-electron chi connectivity index (χ3n) is 5.21. The minimum absolute atomic E-state index is 0.0315. The van der Waals surface area contributed by atoms with Crippen LogP contribution < -0.4 is 16.5 Å². The van der Waals surface area contributed by atoms with Crippen molar-refractivity contribution < 1.29 is 19.5 Å². The van der Waals surface area contributed by atoms with Gasteiger partial charge in [0.25, 0.3) is 0 Å². The molecule has 2 heterocycles. The van der Waals surface area contributed by atoms with Gasteiger partial charge in [-0.25, -0.2) is 20.8 Å². The molecule has 37 heavy (non-hydrogen) atoms. The van der Waals surface area contributed by atoms with Crippen LogP contribution in [0.4, 0.5) is 16.8 Å². The van der Waals surface area contributed by atoms with Gasteiger partial charge in [-0.05, 0) is 50.8 Å². The average molecular weight is 549 g/mol. The van der Waals surface area contributed by atoms with Crippen molar-refractivity contribution in [1.82, 2.24) is 15.0 Å². The summed E-state index contributed by atoms with van der Waals surface area (Å²) in [6.07, 6.45) is 4.89. The van der Waals surface area contributed by atoms with Crippen LogP contribution in [0.5, 0.6) is 0 Å². The first-order valence-electron chi connectivity index (χ1n) is 11.9. The van der Waals surface area contributed by atoms with Crippen LogP contribution in [0.1, 0.15) is 59.2 Å². The highest BCUT2D eigenvalue weighted by molar-refractivity contribution is 7.17. The van der Waals surface area contributed by atoms with Crippen molar-refractivity contribution in [2.75, 3.05) is 23.8 Å². The van der Waals surface area contributed by atoms with Gasteiger partial charge in [0.1, 0.15) is 17.5 Å². The van der Waals surface area contributed by atoms with E-state index >= 15 is 0 Å². The Balaban J connectivity index is 0.00000235. The lowest BCUT2D eigenvalue weighted by atomic mass is 10.0. The molecule has 0 aliphatic carbocycles. The number of ketones is 1. The number of ether oxygens (including phenoxy) is 1. The second kappa shape index (κ2) is 15.9. The first-order chi connectivity index (χ1) is 17.9. The number of rotatable bonds is 13. The zero-order chi connectivity index (χ0) is 27.2. The fraction of sp³-hybridized carbons (Fsp3) is 0.400. The van der Waals surface area contributed by atoms with E-state index in [1.165, 1.54) is 11.3 Å². The summed E-state index contributed by atoms with van der Waals surface area (Å²) in [5.41, 5.74) is 1.83. The van der Waals surface area contributed by atoms with E-state index in [9.17, 15) is 9.59 Å². The zero-order valence-corrected chi connectivity index (χ0v) is 22.8. The smallest absolute Gasteiger partial charge is 0.305 e. The van der Waals surface area contributed by atoms with Crippen molar-refractivity contribution in [3.63, 3.8) is 0 Å². The number of benzene rings is 1. The largest absolute Gasteiger partial charge is 0.466 e. The van der Waals surface area contributed by atoms with E-state index in [2.05, 4.69) is 31.5 Å². The Morgan fingerprint density at radius 2 is 1.89 bits per heavy atom. The van der Waals surface area contributed by atoms with Gasteiger partial charge < -0.3 is 20.6 Å². The van der Waals surface area contributed by atoms with E-state index in [0.717, 1.165) is 36.9 Å². The normalized spacial score (nSPS) is 10.3. The van der Waals surface area contributed by atoms with Crippen LogP contribution in [-0.4, -0.2) is 45.1 Å². The van der Waals surface area contributed by atoms with Crippen LogP contribution in [0.25, 0.3) is 0 Å². The van der Waals surface area contributed by atoms with Crippen molar-refractivity contribution >= 4 is 51.5 Å². The molecule has 1 aromatic carbocycles. The Morgan fingerprint density at radius 1 is 1.14 bits per heavy atom. The molecule has 0 atom stereocenters. The van der Waals surface area contributed by atoms with Crippen molar-refractivity contribution in [3.8, 4) is 0 Å². The molecule has 3 aromatic rings. The van der Waals surface area contributed by atoms with Crippen molar-refractivity contribution in [3.05, 3.63) is 57.3 Å². The maximum absolute atomic E-state index is 12.8. The number of carbonyl (C=O) groups is 2. The molecule has 200 valence electrons. The molecule has 0 saturated carbocycles. The molecule has 0 bridgehead atoms. The standard InChI is InChI=1S/C25H30ClN5O3S.H3NO/c1-4-34-24(33)11-6-5-7-12-27-22-14-23(30-17(3)29-22)31-25-28-15-21(35-25)20(32)13-18-16(2)9-8-10-19(18)26;1-2/h8-10,14-15H,4-7,11-13H2,1-3H3,(H2,27,28,29,30,31);2H,1H2. The van der Waals surface area contributed by atoms with E-state index in [0.29, 0.717) is 45.5 Å². The third-order valence-corrected chi connectivity index (χ3v) is 6.52. The van der Waals surface area contributed by atoms with Gasteiger partial charge in [0.05, 0.1) is 17.7 Å². The highest BCUT2D eigenvalue weighted by Gasteiger charge is 2.15. The minimum atomic E-state index is -0.145. The van der Waals surface area contributed by atoms with Gasteiger partial charge in [-0.1, -0.05) is 41.5 Å². The van der Waals surface area contributed by atoms with E-state index < -0.39 is 0 Å². The monoisotopic (exact) mass is 548 g/mol. The molecule has 0 fully saturated rings. The number of nitrogens with zero attached hydrogens (tertiary/aromatic N) is 3. The van der Waals surface area contributed by atoms with E-state index in [1.807, 2.05) is 39.0 Å². The van der Waals surface area contributed by atoms with Crippen LogP contribution >= 0.6 is 22.9 Å². The summed E-state index contributed by atoms with van der Waals surface area (Å²) >= 11 is 7.55. The molecule has 0 aliphatic heterocycles. The SMILES string of the molecule is CCOC(=O)CCCCCNc1cc(Nc2ncc(C(=O)Cc3c(C)cccc3Cl)s2)nc(C)n1.NO. The number of anilines is 3. The number of unbranched alkanes of at least 4 members (excludes halogenated alkanes) is 2. The zero-order valence-electron chi connectivity index (χ0n) is 21.2. The van der Waals surface area contributed by atoms with Gasteiger partial charge in [0, 0.05) is 30.5 Å². The van der Waals surface area contributed by atoms with E-state index in [-0.39, 0.29) is 18.2 Å². The summed E-state index contributed by atoms with van der Waals surface area (Å²) in [5.74, 6) is 5.23. The Bertz CT molecular complexity index is 1150. The number of esters is 1. The summed E-state index contributed by atoms with van der Waals surface area (Å²) in [4.78, 5) is 37.9. The first kappa shape index (κ1) is 30.1. The molecule has 5 N–H and O–H groups in total. The van der Waals surface area contributed by atoms with Crippen LogP contribution in [0.3, 0.4) is 0 Å². The number of carbonyl (C=O) groups excluding carboxylic acids is 2. The van der Waals surface area contributed by atoms with Gasteiger partial charge >= 0.3 is 5.97 Å². The summed E-state index contributed by atoms with van der Waals surface area (Å²) in [6, 6.07) is 7.42. The third kappa shape index (κ3) is 10.0. The molecule has 0 saturated heterocycles. The topological polar surface area (TPSA) is 152 Å². The van der Waals surface area contributed by atoms with Crippen molar-refractivity contribution in [2.45, 2.75) is 52.9 Å². The van der Waals surface area contributed by atoms with E-state index in [1.54, 1.807) is 12.3 Å². The Morgan fingerprint density at radius 3 is 2.62 bits per heavy atom. The summed E-state index contributed by atoms with van der Waals surface area (Å²) in [7, 11) is 0. The fourth-order valence-electron chi connectivity index (χ4n) is 3.45. The Hall–Kier alpha value is -3.12. The van der Waals surface area contributed by atoms with Crippen LogP contribution in [0, 0.1) is 13.8 Å². The number of nitrogens with two attached hydrogens (primary N) is 1. The number of aromatic nitrogens is 3. The molecular weight excluding hydrogens is 516 g/mol. The molecular formula is C25H33ClN6O4S. The van der Waals surface area contributed by atoms with Crippen LogP contribution in [0.15, 0.2) is 30.5 Å². The van der Waals surface area contributed by atoms with Gasteiger partial charge in [0.2, 0.25) is 0 Å². The lowest BCUT2D eigenvalue weighted by Gasteiger charge is -2.09. The van der Waals surface area contributed by atoms with Gasteiger partial charge in [-0.2, -0.15) is 0 Å². The summed E-state index contributed by atoms with van der Waals surface area (Å²) in [5, 5.41) is 14.1.